The molecule has 0 heterocycles. The van der Waals surface area contributed by atoms with E-state index in [9.17, 15) is 9.59 Å². The molecule has 4 N–H and O–H groups in total. The molecule has 0 aliphatic heterocycles. The van der Waals surface area contributed by atoms with Crippen LogP contribution in [0.3, 0.4) is 0 Å². The average Bonchev–Trinajstić information content (AvgIpc) is 2.68. The minimum absolute atomic E-state index is 0.186. The van der Waals surface area contributed by atoms with Crippen molar-refractivity contribution in [2.45, 2.75) is 45.1 Å². The first-order chi connectivity index (χ1) is 13.8. The van der Waals surface area contributed by atoms with Gasteiger partial charge in [0.1, 0.15) is 0 Å². The highest BCUT2D eigenvalue weighted by molar-refractivity contribution is 5.75. The number of carbonyl (C=O) groups excluding carboxylic acids is 2. The number of rotatable bonds is 15. The summed E-state index contributed by atoms with van der Waals surface area (Å²) in [6, 6.07) is -0.384. The minimum Gasteiger partial charge on any atom is -0.335 e. The molecule has 0 saturated heterocycles. The minimum atomic E-state index is -0.312. The van der Waals surface area contributed by atoms with Crippen molar-refractivity contribution in [2.75, 3.05) is 19.6 Å². The summed E-state index contributed by atoms with van der Waals surface area (Å²) in [6.45, 7) is 16.4. The zero-order valence-corrected chi connectivity index (χ0v) is 18.0. The van der Waals surface area contributed by atoms with Gasteiger partial charge in [0, 0.05) is 25.2 Å². The molecule has 4 amide bonds. The van der Waals surface area contributed by atoms with Gasteiger partial charge in [0.2, 0.25) is 0 Å². The number of urea groups is 2. The van der Waals surface area contributed by atoms with E-state index in [4.69, 9.17) is 0 Å². The lowest BCUT2D eigenvalue weighted by Gasteiger charge is -2.24. The molecule has 0 rings (SSSR count). The first-order valence-corrected chi connectivity index (χ1v) is 10.1. The number of hydrogen-bond acceptors (Lipinski definition) is 2. The second kappa shape index (κ2) is 16.2. The second-order valence-corrected chi connectivity index (χ2v) is 7.34. The van der Waals surface area contributed by atoms with Crippen LogP contribution in [0.15, 0.2) is 62.3 Å². The first-order valence-electron chi connectivity index (χ1n) is 10.1. The van der Waals surface area contributed by atoms with Crippen LogP contribution >= 0.6 is 0 Å². The average molecular weight is 403 g/mol. The van der Waals surface area contributed by atoms with Gasteiger partial charge in [0.25, 0.3) is 0 Å². The fourth-order valence-electron chi connectivity index (χ4n) is 2.44. The van der Waals surface area contributed by atoms with Gasteiger partial charge < -0.3 is 21.3 Å². The smallest absolute Gasteiger partial charge is 0.315 e. The fraction of sp³-hybridized carbons (Fsp3) is 0.478. The van der Waals surface area contributed by atoms with Crippen LogP contribution in [0.25, 0.3) is 0 Å². The van der Waals surface area contributed by atoms with E-state index in [-0.39, 0.29) is 17.6 Å². The number of nitrogens with one attached hydrogen (secondary N) is 4. The van der Waals surface area contributed by atoms with Crippen LogP contribution in [0.1, 0.15) is 39.5 Å². The number of carbonyl (C=O) groups is 2. The van der Waals surface area contributed by atoms with Gasteiger partial charge in [-0.25, -0.2) is 9.59 Å². The molecule has 0 bridgehead atoms. The highest BCUT2D eigenvalue weighted by Gasteiger charge is 2.18. The zero-order chi connectivity index (χ0) is 22.0. The molecule has 6 nitrogen and oxygen atoms in total. The number of hydrogen-bond donors (Lipinski definition) is 4. The van der Waals surface area contributed by atoms with Crippen LogP contribution in [-0.2, 0) is 0 Å². The Bertz CT molecular complexity index is 579. The Hall–Kier alpha value is -2.76. The molecule has 1 atom stereocenters. The van der Waals surface area contributed by atoms with Crippen molar-refractivity contribution in [3.8, 4) is 0 Å². The van der Waals surface area contributed by atoms with E-state index >= 15 is 0 Å². The van der Waals surface area contributed by atoms with Gasteiger partial charge in [0.05, 0.1) is 0 Å². The molecule has 162 valence electrons. The third kappa shape index (κ3) is 15.9. The Balaban J connectivity index is 4.06. The maximum Gasteiger partial charge on any atom is 0.315 e. The Morgan fingerprint density at radius 3 is 2.10 bits per heavy atom. The standard InChI is InChI=1S/C23H38N4O2/c1-6-17-24-21(28)26-19-13-11-15-20(8-3)14-10-9-12-16-23(4,5)27-22(29)25-18-7-2/h6-9,11-13,20H,1-3,10,14-19H2,4-5H3,(H2,24,26,28)(H2,25,27,29)/b12-9+,13-11+. The highest BCUT2D eigenvalue weighted by atomic mass is 16.2. The van der Waals surface area contributed by atoms with Crippen LogP contribution in [0, 0.1) is 5.92 Å². The zero-order valence-electron chi connectivity index (χ0n) is 18.0. The Labute approximate surface area is 176 Å². The van der Waals surface area contributed by atoms with Crippen molar-refractivity contribution < 1.29 is 9.59 Å². The molecule has 0 saturated carbocycles. The van der Waals surface area contributed by atoms with Crippen molar-refractivity contribution in [1.82, 2.24) is 21.3 Å². The van der Waals surface area contributed by atoms with Gasteiger partial charge in [-0.1, -0.05) is 42.5 Å². The maximum atomic E-state index is 11.7. The lowest BCUT2D eigenvalue weighted by Crippen LogP contribution is -2.48. The summed E-state index contributed by atoms with van der Waals surface area (Å²) >= 11 is 0. The van der Waals surface area contributed by atoms with Crippen molar-refractivity contribution in [3.63, 3.8) is 0 Å². The summed E-state index contributed by atoms with van der Waals surface area (Å²) in [7, 11) is 0. The normalized spacial score (nSPS) is 12.3. The van der Waals surface area contributed by atoms with Gasteiger partial charge in [-0.15, -0.1) is 19.7 Å². The van der Waals surface area contributed by atoms with Crippen LogP contribution in [0.5, 0.6) is 0 Å². The molecule has 0 radical (unpaired) electrons. The van der Waals surface area contributed by atoms with E-state index in [1.807, 2.05) is 26.0 Å². The van der Waals surface area contributed by atoms with Crippen LogP contribution in [0.4, 0.5) is 9.59 Å². The molecule has 0 spiro atoms. The van der Waals surface area contributed by atoms with Crippen molar-refractivity contribution in [3.05, 3.63) is 62.3 Å². The predicted octanol–water partition coefficient (Wildman–Crippen LogP) is 4.21. The molecule has 6 heteroatoms. The molecule has 0 fully saturated rings. The van der Waals surface area contributed by atoms with E-state index in [0.717, 1.165) is 25.7 Å². The molecule has 0 aromatic rings. The summed E-state index contributed by atoms with van der Waals surface area (Å²) in [5.74, 6) is 0.390. The second-order valence-electron chi connectivity index (χ2n) is 7.34. The van der Waals surface area contributed by atoms with Crippen LogP contribution in [-0.4, -0.2) is 37.2 Å². The van der Waals surface area contributed by atoms with E-state index in [1.165, 1.54) is 0 Å². The van der Waals surface area contributed by atoms with Gasteiger partial charge >= 0.3 is 12.1 Å². The largest absolute Gasteiger partial charge is 0.335 e. The van der Waals surface area contributed by atoms with Crippen molar-refractivity contribution in [1.29, 1.82) is 0 Å². The summed E-state index contributed by atoms with van der Waals surface area (Å²) in [5.41, 5.74) is -0.312. The quantitative estimate of drug-likeness (QED) is 0.310. The van der Waals surface area contributed by atoms with E-state index in [2.05, 4.69) is 59.2 Å². The molecule has 0 aliphatic carbocycles. The van der Waals surface area contributed by atoms with Gasteiger partial charge in [-0.2, -0.15) is 0 Å². The Kier molecular flexibility index (Phi) is 14.7. The molecular weight excluding hydrogens is 364 g/mol. The highest BCUT2D eigenvalue weighted by Crippen LogP contribution is 2.15. The Morgan fingerprint density at radius 2 is 1.48 bits per heavy atom. The summed E-state index contributed by atoms with van der Waals surface area (Å²) in [6.07, 6.45) is 17.1. The molecule has 1 unspecified atom stereocenters. The third-order valence-electron chi connectivity index (χ3n) is 4.08. The summed E-state index contributed by atoms with van der Waals surface area (Å²) in [5, 5.41) is 11.1. The van der Waals surface area contributed by atoms with Crippen molar-refractivity contribution in [2.24, 2.45) is 5.92 Å². The summed E-state index contributed by atoms with van der Waals surface area (Å²) in [4.78, 5) is 23.1. The first kappa shape index (κ1) is 26.2. The molecule has 0 aromatic heterocycles. The SMILES string of the molecule is C=CCNC(=O)NC/C=C/CC(C=C)CC/C=C/CC(C)(C)NC(=O)NCC=C. The monoisotopic (exact) mass is 402 g/mol. The molecular formula is C23H38N4O2. The Morgan fingerprint density at radius 1 is 0.862 bits per heavy atom. The third-order valence-corrected chi connectivity index (χ3v) is 4.08. The number of allylic oxidation sites excluding steroid dienone is 3. The predicted molar refractivity (Wildman–Crippen MR) is 123 cm³/mol. The van der Waals surface area contributed by atoms with E-state index in [1.54, 1.807) is 12.2 Å². The molecule has 0 aromatic carbocycles. The molecule has 29 heavy (non-hydrogen) atoms. The van der Waals surface area contributed by atoms with Crippen LogP contribution in [0.2, 0.25) is 0 Å². The topological polar surface area (TPSA) is 82.3 Å². The van der Waals surface area contributed by atoms with Gasteiger partial charge in [0.15, 0.2) is 0 Å². The van der Waals surface area contributed by atoms with Crippen LogP contribution < -0.4 is 21.3 Å². The van der Waals surface area contributed by atoms with E-state index < -0.39 is 0 Å². The number of amides is 4. The fourth-order valence-corrected chi connectivity index (χ4v) is 2.44. The lowest BCUT2D eigenvalue weighted by molar-refractivity contribution is 0.231. The summed E-state index contributed by atoms with van der Waals surface area (Å²) < 4.78 is 0. The van der Waals surface area contributed by atoms with Gasteiger partial charge in [-0.05, 0) is 45.4 Å². The lowest BCUT2D eigenvalue weighted by atomic mass is 9.97. The van der Waals surface area contributed by atoms with Crippen molar-refractivity contribution >= 4 is 12.1 Å². The van der Waals surface area contributed by atoms with E-state index in [0.29, 0.717) is 25.6 Å². The maximum absolute atomic E-state index is 11.7. The molecule has 0 aliphatic rings. The van der Waals surface area contributed by atoms with Gasteiger partial charge in [-0.3, -0.25) is 0 Å².